The quantitative estimate of drug-likeness (QED) is 0.535. The van der Waals surface area contributed by atoms with Crippen LogP contribution >= 0.6 is 0 Å². The van der Waals surface area contributed by atoms with E-state index in [1.807, 2.05) is 30.5 Å². The van der Waals surface area contributed by atoms with Gasteiger partial charge >= 0.3 is 6.18 Å². The molecule has 0 atom stereocenters. The molecule has 2 fully saturated rings. The van der Waals surface area contributed by atoms with Crippen molar-refractivity contribution in [2.75, 3.05) is 0 Å². The Kier molecular flexibility index (Phi) is 4.56. The van der Waals surface area contributed by atoms with E-state index in [9.17, 15) is 26.9 Å². The van der Waals surface area contributed by atoms with Gasteiger partial charge in [0.05, 0.1) is 17.0 Å². The summed E-state index contributed by atoms with van der Waals surface area (Å²) in [5, 5.41) is 10.7. The van der Waals surface area contributed by atoms with Gasteiger partial charge in [0.15, 0.2) is 0 Å². The second-order valence-electron chi connectivity index (χ2n) is 9.10. The minimum absolute atomic E-state index is 0.300. The molecule has 0 amide bonds. The summed E-state index contributed by atoms with van der Waals surface area (Å²) in [5.41, 5.74) is 1.13. The highest BCUT2D eigenvalue weighted by Crippen LogP contribution is 2.50. The van der Waals surface area contributed by atoms with Gasteiger partial charge in [-0.1, -0.05) is 6.08 Å². The summed E-state index contributed by atoms with van der Waals surface area (Å²) >= 11 is 0. The fraction of sp³-hybridized carbons (Fsp3) is 0.292. The summed E-state index contributed by atoms with van der Waals surface area (Å²) in [4.78, 5) is 8.50. The maximum absolute atomic E-state index is 13.3. The summed E-state index contributed by atoms with van der Waals surface area (Å²) in [6.45, 7) is 0. The lowest BCUT2D eigenvalue weighted by atomic mass is 10.1. The summed E-state index contributed by atoms with van der Waals surface area (Å²) in [7, 11) is -4.45. The third-order valence-electron chi connectivity index (χ3n) is 6.69. The van der Waals surface area contributed by atoms with Crippen LogP contribution in [0.15, 0.2) is 53.7 Å². The number of aromatic nitrogens is 3. The summed E-state index contributed by atoms with van der Waals surface area (Å²) in [6, 6.07) is 6.81. The van der Waals surface area contributed by atoms with E-state index in [0.29, 0.717) is 33.9 Å². The molecule has 3 aliphatic carbocycles. The molecular formula is C24H18F3N5O2S. The van der Waals surface area contributed by atoms with Crippen molar-refractivity contribution in [3.8, 4) is 17.5 Å². The molecule has 35 heavy (non-hydrogen) atoms. The molecule has 6 rings (SSSR count). The minimum atomic E-state index is -4.67. The van der Waals surface area contributed by atoms with Gasteiger partial charge in [-0.15, -0.1) is 0 Å². The molecule has 1 N–H and O–H groups in total. The van der Waals surface area contributed by atoms with Gasteiger partial charge in [0.25, 0.3) is 0 Å². The first-order valence-electron chi connectivity index (χ1n) is 11.0. The first kappa shape index (κ1) is 22.0. The van der Waals surface area contributed by atoms with Crippen LogP contribution in [0.3, 0.4) is 0 Å². The minimum Gasteiger partial charge on any atom is -0.291 e. The van der Waals surface area contributed by atoms with Crippen LogP contribution in [0.25, 0.3) is 28.1 Å². The number of nitrogens with zero attached hydrogens (tertiary/aromatic N) is 4. The van der Waals surface area contributed by atoms with E-state index in [0.717, 1.165) is 30.3 Å². The standard InChI is InChI=1S/C24H18F3N5O2S/c25-24(26,27)23(8-9-23)31-35(33,34)17-6-7-20(29-13-17)21-19(11-28)18-10-15(14-4-5-14)12-30-22(18)32(21)16-2-1-3-16/h1-3,6-7,10,12-14,31H,4-5,8-9H2. The first-order valence-corrected chi connectivity index (χ1v) is 12.5. The Hall–Kier alpha value is -3.49. The fourth-order valence-electron chi connectivity index (χ4n) is 4.32. The highest BCUT2D eigenvalue weighted by Gasteiger charge is 2.65. The lowest BCUT2D eigenvalue weighted by Gasteiger charge is -2.20. The molecule has 0 aromatic carbocycles. The van der Waals surface area contributed by atoms with Gasteiger partial charge < -0.3 is 0 Å². The van der Waals surface area contributed by atoms with Crippen LogP contribution in [0.1, 0.15) is 42.7 Å². The van der Waals surface area contributed by atoms with Crippen molar-refractivity contribution in [2.24, 2.45) is 0 Å². The fourth-order valence-corrected chi connectivity index (χ4v) is 5.71. The van der Waals surface area contributed by atoms with Crippen LogP contribution in [0, 0.1) is 11.3 Å². The highest BCUT2D eigenvalue weighted by atomic mass is 32.2. The number of nitrogens with one attached hydrogen (secondary N) is 1. The Labute approximate surface area is 198 Å². The largest absolute Gasteiger partial charge is 0.407 e. The van der Waals surface area contributed by atoms with Crippen molar-refractivity contribution < 1.29 is 21.6 Å². The molecule has 0 unspecified atom stereocenters. The number of allylic oxidation sites excluding steroid dienone is 4. The van der Waals surface area contributed by atoms with Crippen molar-refractivity contribution in [1.29, 1.82) is 5.26 Å². The second kappa shape index (κ2) is 7.26. The zero-order chi connectivity index (χ0) is 24.6. The molecule has 0 radical (unpaired) electrons. The van der Waals surface area contributed by atoms with E-state index in [1.165, 1.54) is 12.1 Å². The van der Waals surface area contributed by atoms with E-state index in [1.54, 1.807) is 9.29 Å². The Morgan fingerprint density at radius 3 is 2.43 bits per heavy atom. The van der Waals surface area contributed by atoms with Crippen molar-refractivity contribution in [2.45, 2.75) is 48.2 Å². The monoisotopic (exact) mass is 497 g/mol. The van der Waals surface area contributed by atoms with Gasteiger partial charge in [-0.2, -0.15) is 23.2 Å². The molecule has 3 aliphatic rings. The molecule has 0 saturated heterocycles. The molecule has 0 bridgehead atoms. The Balaban J connectivity index is 1.43. The molecule has 178 valence electrons. The lowest BCUT2D eigenvalue weighted by molar-refractivity contribution is -0.160. The van der Waals surface area contributed by atoms with Crippen LogP contribution in [0.4, 0.5) is 13.2 Å². The normalized spacial score (nSPS) is 18.7. The number of fused-ring (bicyclic) bond motifs is 1. The van der Waals surface area contributed by atoms with E-state index in [-0.39, 0.29) is 17.7 Å². The number of hydrogen-bond donors (Lipinski definition) is 1. The average Bonchev–Trinajstić information content (AvgIpc) is 3.70. The van der Waals surface area contributed by atoms with Crippen molar-refractivity contribution >= 4 is 26.8 Å². The zero-order valence-electron chi connectivity index (χ0n) is 18.2. The van der Waals surface area contributed by atoms with Crippen molar-refractivity contribution in [3.63, 3.8) is 0 Å². The third-order valence-corrected chi connectivity index (χ3v) is 8.22. The number of pyridine rings is 2. The van der Waals surface area contributed by atoms with E-state index >= 15 is 0 Å². The Morgan fingerprint density at radius 2 is 1.91 bits per heavy atom. The molecule has 0 spiro atoms. The molecule has 7 nitrogen and oxygen atoms in total. The summed E-state index contributed by atoms with van der Waals surface area (Å²) < 4.78 is 68.7. The topological polar surface area (TPSA) is 101 Å². The average molecular weight is 498 g/mol. The summed E-state index contributed by atoms with van der Waals surface area (Å²) in [6.07, 6.45) is 5.27. The second-order valence-corrected chi connectivity index (χ2v) is 10.8. The zero-order valence-corrected chi connectivity index (χ0v) is 19.0. The molecule has 11 heteroatoms. The van der Waals surface area contributed by atoms with Crippen LogP contribution in [0.5, 0.6) is 0 Å². The van der Waals surface area contributed by atoms with Gasteiger partial charge in [0.2, 0.25) is 10.0 Å². The van der Waals surface area contributed by atoms with Gasteiger partial charge in [0.1, 0.15) is 22.2 Å². The number of hydrogen-bond acceptors (Lipinski definition) is 5. The molecular weight excluding hydrogens is 479 g/mol. The summed E-state index contributed by atoms with van der Waals surface area (Å²) in [5.74, 6) is 0.439. The smallest absolute Gasteiger partial charge is 0.291 e. The molecule has 3 aromatic rings. The van der Waals surface area contributed by atoms with Crippen LogP contribution < -0.4 is 4.72 Å². The SMILES string of the molecule is N#Cc1c(-c2ccc(S(=O)(=O)NC3(C(F)(F)F)CC3)cn2)n(C2=CC=C2)c2ncc(C3CC3)cc12. The Bertz CT molecular complexity index is 1590. The van der Waals surface area contributed by atoms with E-state index in [2.05, 4.69) is 16.0 Å². The molecule has 3 aromatic heterocycles. The van der Waals surface area contributed by atoms with Gasteiger partial charge in [-0.25, -0.2) is 13.4 Å². The van der Waals surface area contributed by atoms with Crippen LogP contribution in [0.2, 0.25) is 0 Å². The molecule has 3 heterocycles. The van der Waals surface area contributed by atoms with E-state index < -0.39 is 21.7 Å². The number of alkyl halides is 3. The van der Waals surface area contributed by atoms with Gasteiger partial charge in [-0.05, 0) is 67.5 Å². The van der Waals surface area contributed by atoms with Crippen LogP contribution in [-0.2, 0) is 10.0 Å². The lowest BCUT2D eigenvalue weighted by Crippen LogP contribution is -2.47. The first-order chi connectivity index (χ1) is 16.6. The number of halogens is 3. The van der Waals surface area contributed by atoms with Gasteiger partial charge in [-0.3, -0.25) is 9.55 Å². The maximum atomic E-state index is 13.3. The van der Waals surface area contributed by atoms with Crippen LogP contribution in [-0.4, -0.2) is 34.7 Å². The van der Waals surface area contributed by atoms with Gasteiger partial charge in [0, 0.05) is 23.5 Å². The predicted octanol–water partition coefficient (Wildman–Crippen LogP) is 4.63. The highest BCUT2D eigenvalue weighted by molar-refractivity contribution is 7.89. The number of rotatable bonds is 6. The molecule has 0 aliphatic heterocycles. The molecule has 2 saturated carbocycles. The predicted molar refractivity (Wildman–Crippen MR) is 121 cm³/mol. The van der Waals surface area contributed by atoms with Crippen molar-refractivity contribution in [3.05, 3.63) is 59.9 Å². The number of nitriles is 1. The maximum Gasteiger partial charge on any atom is 0.407 e. The van der Waals surface area contributed by atoms with E-state index in [4.69, 9.17) is 0 Å². The third kappa shape index (κ3) is 3.47. The van der Waals surface area contributed by atoms with Crippen molar-refractivity contribution in [1.82, 2.24) is 19.3 Å². The number of sulfonamides is 1. The Morgan fingerprint density at radius 1 is 1.17 bits per heavy atom.